The first kappa shape index (κ1) is 53.0. The lowest BCUT2D eigenvalue weighted by Gasteiger charge is -2.36. The van der Waals surface area contributed by atoms with E-state index in [0.717, 1.165) is 72.3 Å². The number of fused-ring (bicyclic) bond motifs is 3. The van der Waals surface area contributed by atoms with E-state index in [4.69, 9.17) is 9.47 Å². The second-order valence-electron chi connectivity index (χ2n) is 19.2. The second-order valence-corrected chi connectivity index (χ2v) is 21.6. The number of esters is 1. The van der Waals surface area contributed by atoms with Crippen LogP contribution in [0.5, 0.6) is 0 Å². The number of amides is 2. The maximum atomic E-state index is 14.1. The number of ether oxygens (including phenoxy) is 2. The van der Waals surface area contributed by atoms with E-state index in [1.165, 1.54) is 6.08 Å². The molecule has 1 atom stereocenters. The fourth-order valence-electron chi connectivity index (χ4n) is 10.7. The first-order chi connectivity index (χ1) is 38.4. The molecule has 388 valence electrons. The summed E-state index contributed by atoms with van der Waals surface area (Å²) in [5.41, 5.74) is 14.4. The largest absolute Gasteiger partial charge is 0.460 e. The minimum absolute atomic E-state index is 0.0437. The number of benzene rings is 9. The van der Waals surface area contributed by atoms with Gasteiger partial charge in [-0.05, 0) is 72.3 Å². The lowest BCUT2D eigenvalue weighted by atomic mass is 9.84. The van der Waals surface area contributed by atoms with E-state index >= 15 is 0 Å². The Bertz CT molecular complexity index is 3070. The smallest absolute Gasteiger partial charge is 0.407 e. The molecule has 0 aliphatic heterocycles. The van der Waals surface area contributed by atoms with E-state index in [9.17, 15) is 14.4 Å². The predicted octanol–water partition coefficient (Wildman–Crippen LogP) is 14.8. The number of thioether (sulfide) groups is 2. The highest BCUT2D eigenvalue weighted by Crippen LogP contribution is 2.52. The zero-order valence-corrected chi connectivity index (χ0v) is 44.8. The average Bonchev–Trinajstić information content (AvgIpc) is 3.86. The summed E-state index contributed by atoms with van der Waals surface area (Å²) in [6.45, 7) is 3.79. The molecule has 2 N–H and O–H groups in total. The van der Waals surface area contributed by atoms with Crippen molar-refractivity contribution in [1.82, 2.24) is 10.6 Å². The summed E-state index contributed by atoms with van der Waals surface area (Å²) in [5, 5.41) is 5.75. The van der Waals surface area contributed by atoms with Crippen LogP contribution < -0.4 is 10.6 Å². The highest BCUT2D eigenvalue weighted by molar-refractivity contribution is 8.00. The van der Waals surface area contributed by atoms with Crippen LogP contribution in [0.2, 0.25) is 0 Å². The Morgan fingerprint density at radius 1 is 0.487 bits per heavy atom. The molecule has 1 aliphatic carbocycles. The normalized spacial score (nSPS) is 12.4. The molecule has 10 rings (SSSR count). The number of nitrogens with one attached hydrogen (secondary N) is 2. The Hall–Kier alpha value is -8.37. The molecule has 2 amide bonds. The van der Waals surface area contributed by atoms with Gasteiger partial charge in [-0.1, -0.05) is 261 Å². The van der Waals surface area contributed by atoms with Crippen LogP contribution in [0.4, 0.5) is 4.79 Å². The summed E-state index contributed by atoms with van der Waals surface area (Å²) < 4.78 is 10.1. The minimum Gasteiger partial charge on any atom is -0.460 e. The third-order valence-corrected chi connectivity index (χ3v) is 17.5. The maximum absolute atomic E-state index is 14.1. The van der Waals surface area contributed by atoms with E-state index in [1.54, 1.807) is 0 Å². The molecule has 0 bridgehead atoms. The molecule has 0 saturated heterocycles. The molecule has 9 aromatic carbocycles. The summed E-state index contributed by atoms with van der Waals surface area (Å²) in [6.07, 6.45) is 0.240. The van der Waals surface area contributed by atoms with Crippen molar-refractivity contribution in [2.24, 2.45) is 0 Å². The number of hydrogen-bond acceptors (Lipinski definition) is 7. The summed E-state index contributed by atoms with van der Waals surface area (Å²) in [7, 11) is 0. The van der Waals surface area contributed by atoms with Crippen molar-refractivity contribution in [3.63, 3.8) is 0 Å². The van der Waals surface area contributed by atoms with Gasteiger partial charge >= 0.3 is 12.1 Å². The molecule has 9 aromatic rings. The first-order valence-electron chi connectivity index (χ1n) is 26.2. The van der Waals surface area contributed by atoms with Gasteiger partial charge in [-0.3, -0.25) is 4.79 Å². The zero-order chi connectivity index (χ0) is 53.6. The molecule has 0 heterocycles. The third kappa shape index (κ3) is 11.8. The van der Waals surface area contributed by atoms with Crippen molar-refractivity contribution in [2.45, 2.75) is 45.9 Å². The predicted molar refractivity (Wildman–Crippen MR) is 317 cm³/mol. The Balaban J connectivity index is 0.945. The van der Waals surface area contributed by atoms with E-state index in [0.29, 0.717) is 11.5 Å². The summed E-state index contributed by atoms with van der Waals surface area (Å²) >= 11 is 3.72. The van der Waals surface area contributed by atoms with Gasteiger partial charge in [0.05, 0.1) is 15.9 Å². The lowest BCUT2D eigenvalue weighted by Crippen LogP contribution is -2.45. The highest BCUT2D eigenvalue weighted by Gasteiger charge is 2.39. The van der Waals surface area contributed by atoms with Gasteiger partial charge in [-0.15, -0.1) is 23.5 Å². The number of carbonyl (C=O) groups is 3. The van der Waals surface area contributed by atoms with Crippen molar-refractivity contribution in [2.75, 3.05) is 13.2 Å². The second kappa shape index (κ2) is 25.2. The number of alkyl carbamates (subject to hydrolysis) is 1. The molecule has 0 aromatic heterocycles. The SMILES string of the molecule is C=CCOC(=O)[C@H](CC(=O)NCc1cc(CSC(c2ccccc2)(c2ccccc2)c2ccccc2)cc(CSC(c2ccccc2)(c2ccccc2)c2ccccc2)c1)NC(=O)OCC1c2ccccc2-c2ccccc21. The standard InChI is InChI=1S/C69H60N2O5S2/c1-2-41-75-66(73)64(71-67(74)76-47-63-61-39-23-21-37-59(61)60-38-22-24-40-62(60)63)45-65(72)70-46-50-42-51(48-77-68(53-25-9-3-10-26-53,54-27-11-4-12-28-54)55-29-13-5-14-30-55)44-52(43-50)49-78-69(56-31-15-6-16-32-56,57-33-17-7-18-34-57)58-35-19-8-20-36-58/h2-40,42-44,63-64H,1,41,45-49H2,(H,70,72)(H,71,74)/t64-/m0/s1. The van der Waals surface area contributed by atoms with Gasteiger partial charge in [0.25, 0.3) is 0 Å². The Morgan fingerprint density at radius 2 is 0.846 bits per heavy atom. The molecule has 0 saturated carbocycles. The fourth-order valence-corrected chi connectivity index (χ4v) is 13.6. The Morgan fingerprint density at radius 3 is 1.23 bits per heavy atom. The molecule has 78 heavy (non-hydrogen) atoms. The van der Waals surface area contributed by atoms with Crippen LogP contribution in [0.25, 0.3) is 11.1 Å². The van der Waals surface area contributed by atoms with Gasteiger partial charge in [0, 0.05) is 24.0 Å². The van der Waals surface area contributed by atoms with Crippen molar-refractivity contribution in [3.05, 3.63) is 323 Å². The summed E-state index contributed by atoms with van der Waals surface area (Å²) in [6, 6.07) is 85.5. The van der Waals surface area contributed by atoms with Crippen molar-refractivity contribution in [1.29, 1.82) is 0 Å². The van der Waals surface area contributed by atoms with Crippen molar-refractivity contribution >= 4 is 41.5 Å². The van der Waals surface area contributed by atoms with Gasteiger partial charge in [-0.25, -0.2) is 9.59 Å². The number of carbonyl (C=O) groups excluding carboxylic acids is 3. The van der Waals surface area contributed by atoms with Crippen LogP contribution >= 0.6 is 23.5 Å². The highest BCUT2D eigenvalue weighted by atomic mass is 32.2. The third-order valence-electron chi connectivity index (χ3n) is 14.2. The van der Waals surface area contributed by atoms with Gasteiger partial charge in [-0.2, -0.15) is 0 Å². The van der Waals surface area contributed by atoms with Gasteiger partial charge in [0.2, 0.25) is 5.91 Å². The Labute approximate surface area is 466 Å². The molecule has 1 aliphatic rings. The monoisotopic (exact) mass is 1060 g/mol. The molecule has 0 radical (unpaired) electrons. The van der Waals surface area contributed by atoms with Crippen LogP contribution in [-0.4, -0.2) is 37.2 Å². The zero-order valence-electron chi connectivity index (χ0n) is 43.2. The first-order valence-corrected chi connectivity index (χ1v) is 28.2. The molecule has 0 spiro atoms. The van der Waals surface area contributed by atoms with Crippen molar-refractivity contribution in [3.8, 4) is 11.1 Å². The van der Waals surface area contributed by atoms with E-state index < -0.39 is 33.5 Å². The molecule has 7 nitrogen and oxygen atoms in total. The minimum atomic E-state index is -1.32. The van der Waals surface area contributed by atoms with Crippen LogP contribution in [0, 0.1) is 0 Å². The fraction of sp³-hybridized carbons (Fsp3) is 0.145. The van der Waals surface area contributed by atoms with E-state index in [2.05, 4.69) is 230 Å². The molecule has 9 heteroatoms. The number of rotatable bonds is 22. The maximum Gasteiger partial charge on any atom is 0.407 e. The van der Waals surface area contributed by atoms with E-state index in [1.807, 2.05) is 59.9 Å². The van der Waals surface area contributed by atoms with Crippen LogP contribution in [0.3, 0.4) is 0 Å². The van der Waals surface area contributed by atoms with E-state index in [-0.39, 0.29) is 32.1 Å². The quantitative estimate of drug-likeness (QED) is 0.0397. The topological polar surface area (TPSA) is 93.7 Å². The van der Waals surface area contributed by atoms with Crippen molar-refractivity contribution < 1.29 is 23.9 Å². The molecule has 0 unspecified atom stereocenters. The number of hydrogen-bond donors (Lipinski definition) is 2. The molecular weight excluding hydrogens is 1000 g/mol. The van der Waals surface area contributed by atoms with Crippen LogP contribution in [0.15, 0.2) is 261 Å². The van der Waals surface area contributed by atoms with Gasteiger partial charge in [0.15, 0.2) is 0 Å². The van der Waals surface area contributed by atoms with Crippen LogP contribution in [-0.2, 0) is 46.6 Å². The molecular formula is C69H60N2O5S2. The van der Waals surface area contributed by atoms with Gasteiger partial charge < -0.3 is 20.1 Å². The molecule has 0 fully saturated rings. The van der Waals surface area contributed by atoms with Crippen LogP contribution in [0.1, 0.15) is 73.5 Å². The van der Waals surface area contributed by atoms with Gasteiger partial charge in [0.1, 0.15) is 19.3 Å². The average molecular weight is 1060 g/mol. The summed E-state index contributed by atoms with van der Waals surface area (Å²) in [5.74, 6) is -0.152. The Kier molecular flexibility index (Phi) is 17.1. The summed E-state index contributed by atoms with van der Waals surface area (Å²) in [4.78, 5) is 41.2. The lowest BCUT2D eigenvalue weighted by molar-refractivity contribution is -0.146.